The summed E-state index contributed by atoms with van der Waals surface area (Å²) in [5.74, 6) is 6.22. The van der Waals surface area contributed by atoms with Crippen LogP contribution in [0, 0.1) is 5.41 Å². The van der Waals surface area contributed by atoms with E-state index in [1.165, 1.54) is 0 Å². The molecule has 0 spiro atoms. The number of benzene rings is 1. The molecule has 1 aromatic carbocycles. The summed E-state index contributed by atoms with van der Waals surface area (Å²) in [6.45, 7) is 12.7. The highest BCUT2D eigenvalue weighted by Gasteiger charge is 2.08. The van der Waals surface area contributed by atoms with Gasteiger partial charge in [-0.25, -0.2) is 4.98 Å². The number of hydrazone groups is 1. The molecule has 0 saturated heterocycles. The van der Waals surface area contributed by atoms with Crippen molar-refractivity contribution in [1.82, 2.24) is 15.2 Å². The van der Waals surface area contributed by atoms with E-state index in [4.69, 9.17) is 11.3 Å². The van der Waals surface area contributed by atoms with Gasteiger partial charge in [-0.05, 0) is 64.0 Å². The number of nitrogens with two attached hydrogens (primary N) is 1. The van der Waals surface area contributed by atoms with E-state index >= 15 is 0 Å². The summed E-state index contributed by atoms with van der Waals surface area (Å²) >= 11 is 0. The molecule has 7 heteroatoms. The lowest BCUT2D eigenvalue weighted by molar-refractivity contribution is 0.293. The van der Waals surface area contributed by atoms with E-state index in [-0.39, 0.29) is 5.84 Å². The van der Waals surface area contributed by atoms with Crippen LogP contribution in [-0.4, -0.2) is 41.6 Å². The molecule has 5 N–H and O–H groups in total. The fourth-order valence-corrected chi connectivity index (χ4v) is 3.01. The average Bonchev–Trinajstić information content (AvgIpc) is 2.71. The first-order valence-electron chi connectivity index (χ1n) is 10.2. The fourth-order valence-electron chi connectivity index (χ4n) is 3.01. The average molecular weight is 420 g/mol. The van der Waals surface area contributed by atoms with E-state index in [0.29, 0.717) is 18.4 Å². The van der Waals surface area contributed by atoms with E-state index < -0.39 is 0 Å². The lowest BCUT2D eigenvalue weighted by Gasteiger charge is -2.22. The largest absolute Gasteiger partial charge is 0.364 e. The fraction of sp³-hybridized carbons (Fsp3) is 0.292. The molecule has 0 bridgehead atoms. The Bertz CT molecular complexity index is 1030. The Kier molecular flexibility index (Phi) is 8.52. The maximum absolute atomic E-state index is 8.36. The molecule has 164 valence electrons. The van der Waals surface area contributed by atoms with Gasteiger partial charge < -0.3 is 16.5 Å². The molecular formula is C24H33N7. The Balaban J connectivity index is 2.28. The van der Waals surface area contributed by atoms with Gasteiger partial charge in [0.2, 0.25) is 0 Å². The third kappa shape index (κ3) is 6.79. The van der Waals surface area contributed by atoms with Crippen LogP contribution >= 0.6 is 0 Å². The van der Waals surface area contributed by atoms with Gasteiger partial charge in [0.1, 0.15) is 11.7 Å². The lowest BCUT2D eigenvalue weighted by Crippen LogP contribution is -2.31. The van der Waals surface area contributed by atoms with Crippen LogP contribution in [0.15, 0.2) is 65.7 Å². The summed E-state index contributed by atoms with van der Waals surface area (Å²) in [5.41, 5.74) is 4.02. The Labute approximate surface area is 184 Å². The maximum Gasteiger partial charge on any atom is 0.132 e. The van der Waals surface area contributed by atoms with Gasteiger partial charge in [-0.2, -0.15) is 5.10 Å². The highest BCUT2D eigenvalue weighted by atomic mass is 15.1. The Morgan fingerprint density at radius 1 is 1.29 bits per heavy atom. The molecule has 0 saturated carbocycles. The molecule has 1 aromatic heterocycles. The lowest BCUT2D eigenvalue weighted by atomic mass is 10.00. The topological polar surface area (TPSA) is 102 Å². The smallest absolute Gasteiger partial charge is 0.132 e. The molecule has 2 aromatic rings. The first kappa shape index (κ1) is 23.8. The molecule has 31 heavy (non-hydrogen) atoms. The van der Waals surface area contributed by atoms with Gasteiger partial charge in [-0.15, -0.1) is 0 Å². The van der Waals surface area contributed by atoms with Crippen molar-refractivity contribution in [2.75, 3.05) is 18.9 Å². The first-order valence-corrected chi connectivity index (χ1v) is 10.2. The van der Waals surface area contributed by atoms with Gasteiger partial charge in [-0.3, -0.25) is 10.3 Å². The number of aromatic nitrogens is 1. The molecule has 0 aliphatic heterocycles. The second-order valence-electron chi connectivity index (χ2n) is 7.89. The van der Waals surface area contributed by atoms with E-state index in [1.807, 2.05) is 39.1 Å². The third-order valence-electron chi connectivity index (χ3n) is 4.95. The van der Waals surface area contributed by atoms with Crippen molar-refractivity contribution >= 4 is 34.2 Å². The van der Waals surface area contributed by atoms with Crippen molar-refractivity contribution < 1.29 is 0 Å². The van der Waals surface area contributed by atoms with Crippen LogP contribution in [-0.2, 0) is 0 Å². The molecule has 0 atom stereocenters. The normalized spacial score (nSPS) is 11.9. The second kappa shape index (κ2) is 11.1. The number of fused-ring (bicyclic) bond motifs is 1. The Hall–Kier alpha value is -3.45. The van der Waals surface area contributed by atoms with Gasteiger partial charge in [0.25, 0.3) is 0 Å². The minimum Gasteiger partial charge on any atom is -0.364 e. The van der Waals surface area contributed by atoms with Crippen LogP contribution < -0.4 is 16.5 Å². The van der Waals surface area contributed by atoms with Crippen LogP contribution in [0.1, 0.15) is 33.3 Å². The maximum atomic E-state index is 8.36. The van der Waals surface area contributed by atoms with Crippen molar-refractivity contribution in [3.63, 3.8) is 0 Å². The molecule has 2 rings (SSSR count). The molecule has 0 unspecified atom stereocenters. The van der Waals surface area contributed by atoms with Gasteiger partial charge in [0.15, 0.2) is 0 Å². The number of nitrogens with zero attached hydrogens (tertiary/aromatic N) is 3. The summed E-state index contributed by atoms with van der Waals surface area (Å²) < 4.78 is 0. The first-order chi connectivity index (χ1) is 14.7. The van der Waals surface area contributed by atoms with Crippen LogP contribution in [0.2, 0.25) is 0 Å². The number of amidine groups is 1. The SMILES string of the molecule is C=CN/C(=C\C(=N)Nc1cc2cc(C(/C=N\N)=C(C)C)ccc2cn1)CN(C)C(C)C. The molecular weight excluding hydrogens is 386 g/mol. The van der Waals surface area contributed by atoms with Crippen LogP contribution in [0.5, 0.6) is 0 Å². The van der Waals surface area contributed by atoms with Crippen molar-refractivity contribution in [3.05, 3.63) is 66.2 Å². The standard InChI is InChI=1S/C24H33N7/c1-7-27-21(15-31(6)17(4)5)12-23(25)30-24-11-20-10-18(8-9-19(20)13-28-24)22(14-29-26)16(2)3/h7-14,17,27H,1,15,26H2,2-6H3,(H2,25,28,30)/b21-12-,29-14-. The number of nitrogens with one attached hydrogen (secondary N) is 3. The number of allylic oxidation sites excluding steroid dienone is 2. The summed E-state index contributed by atoms with van der Waals surface area (Å²) in [5, 5.41) is 20.3. The summed E-state index contributed by atoms with van der Waals surface area (Å²) in [6.07, 6.45) is 6.84. The summed E-state index contributed by atoms with van der Waals surface area (Å²) in [4.78, 5) is 6.62. The zero-order valence-corrected chi connectivity index (χ0v) is 19.0. The van der Waals surface area contributed by atoms with Gasteiger partial charge >= 0.3 is 0 Å². The van der Waals surface area contributed by atoms with Crippen molar-refractivity contribution in [3.8, 4) is 0 Å². The van der Waals surface area contributed by atoms with Crippen molar-refractivity contribution in [2.45, 2.75) is 33.7 Å². The number of anilines is 1. The van der Waals surface area contributed by atoms with Crippen LogP contribution in [0.4, 0.5) is 5.82 Å². The predicted molar refractivity (Wildman–Crippen MR) is 133 cm³/mol. The number of hydrogen-bond acceptors (Lipinski definition) is 6. The van der Waals surface area contributed by atoms with E-state index in [2.05, 4.69) is 52.1 Å². The molecule has 7 nitrogen and oxygen atoms in total. The number of pyridine rings is 1. The quantitative estimate of drug-likeness (QED) is 0.210. The minimum atomic E-state index is 0.241. The van der Waals surface area contributed by atoms with Crippen molar-refractivity contribution in [1.29, 1.82) is 5.41 Å². The monoisotopic (exact) mass is 419 g/mol. The van der Waals surface area contributed by atoms with Gasteiger partial charge in [0.05, 0.1) is 6.21 Å². The number of rotatable bonds is 9. The van der Waals surface area contributed by atoms with Gasteiger partial charge in [0, 0.05) is 41.5 Å². The zero-order valence-electron chi connectivity index (χ0n) is 19.0. The molecule has 0 amide bonds. The summed E-state index contributed by atoms with van der Waals surface area (Å²) in [7, 11) is 2.04. The van der Waals surface area contributed by atoms with E-state index in [0.717, 1.165) is 33.2 Å². The summed E-state index contributed by atoms with van der Waals surface area (Å²) in [6, 6.07) is 8.46. The number of likely N-dealkylation sites (N-methyl/N-ethyl adjacent to an activating group) is 1. The van der Waals surface area contributed by atoms with E-state index in [9.17, 15) is 0 Å². The van der Waals surface area contributed by atoms with E-state index in [1.54, 1.807) is 24.7 Å². The van der Waals surface area contributed by atoms with Crippen LogP contribution in [0.25, 0.3) is 16.3 Å². The zero-order chi connectivity index (χ0) is 23.0. The minimum absolute atomic E-state index is 0.241. The van der Waals surface area contributed by atoms with Crippen molar-refractivity contribution in [2.24, 2.45) is 10.9 Å². The third-order valence-corrected chi connectivity index (χ3v) is 4.95. The van der Waals surface area contributed by atoms with Gasteiger partial charge in [-0.1, -0.05) is 24.3 Å². The second-order valence-corrected chi connectivity index (χ2v) is 7.89. The highest BCUT2D eigenvalue weighted by Crippen LogP contribution is 2.24. The molecule has 1 heterocycles. The molecule has 0 radical (unpaired) electrons. The molecule has 0 aliphatic rings. The molecule has 0 fully saturated rings. The molecule has 0 aliphatic carbocycles. The number of hydrogen-bond donors (Lipinski definition) is 4. The Morgan fingerprint density at radius 2 is 2.03 bits per heavy atom. The Morgan fingerprint density at radius 3 is 2.65 bits per heavy atom. The van der Waals surface area contributed by atoms with Crippen LogP contribution in [0.3, 0.4) is 0 Å². The highest BCUT2D eigenvalue weighted by molar-refractivity contribution is 6.11. The predicted octanol–water partition coefficient (Wildman–Crippen LogP) is 4.32.